The molecule has 1 N–H and O–H groups in total. The maximum absolute atomic E-state index is 5.72. The number of ether oxygens (including phenoxy) is 1. The molecule has 2 aliphatic heterocycles. The number of likely N-dealkylation sites (tertiary alicyclic amines) is 1. The standard InChI is InChI=1S/C12H24N2O/c1-2-15-12-6-4-8-14(10-12)9-11-5-3-7-13-11/h11-13H,2-10H2,1H3/t11-,12?/m0/s1. The summed E-state index contributed by atoms with van der Waals surface area (Å²) in [5.74, 6) is 0. The van der Waals surface area contributed by atoms with Gasteiger partial charge in [-0.2, -0.15) is 0 Å². The maximum Gasteiger partial charge on any atom is 0.0702 e. The summed E-state index contributed by atoms with van der Waals surface area (Å²) in [6.07, 6.45) is 5.76. The fraction of sp³-hybridized carbons (Fsp3) is 1.00. The predicted molar refractivity (Wildman–Crippen MR) is 62.1 cm³/mol. The third-order valence-corrected chi connectivity index (χ3v) is 3.51. The molecule has 3 heteroatoms. The minimum atomic E-state index is 0.491. The topological polar surface area (TPSA) is 24.5 Å². The van der Waals surface area contributed by atoms with E-state index in [9.17, 15) is 0 Å². The highest BCUT2D eigenvalue weighted by Gasteiger charge is 2.23. The lowest BCUT2D eigenvalue weighted by molar-refractivity contribution is 0.00407. The van der Waals surface area contributed by atoms with E-state index in [1.54, 1.807) is 0 Å². The van der Waals surface area contributed by atoms with E-state index in [2.05, 4.69) is 17.1 Å². The van der Waals surface area contributed by atoms with Crippen LogP contribution in [0.25, 0.3) is 0 Å². The van der Waals surface area contributed by atoms with Crippen molar-refractivity contribution in [1.82, 2.24) is 10.2 Å². The van der Waals surface area contributed by atoms with Crippen LogP contribution in [0.5, 0.6) is 0 Å². The van der Waals surface area contributed by atoms with Crippen molar-refractivity contribution in [2.45, 2.75) is 44.8 Å². The third-order valence-electron chi connectivity index (χ3n) is 3.51. The fourth-order valence-corrected chi connectivity index (χ4v) is 2.77. The van der Waals surface area contributed by atoms with E-state index >= 15 is 0 Å². The Hall–Kier alpha value is -0.120. The first-order chi connectivity index (χ1) is 7.38. The first-order valence-corrected chi connectivity index (χ1v) is 6.46. The van der Waals surface area contributed by atoms with Gasteiger partial charge < -0.3 is 10.1 Å². The first kappa shape index (κ1) is 11.4. The summed E-state index contributed by atoms with van der Waals surface area (Å²) >= 11 is 0. The van der Waals surface area contributed by atoms with Gasteiger partial charge in [0.25, 0.3) is 0 Å². The van der Waals surface area contributed by atoms with Crippen molar-refractivity contribution in [2.75, 3.05) is 32.8 Å². The molecule has 0 radical (unpaired) electrons. The third kappa shape index (κ3) is 3.44. The molecule has 0 amide bonds. The second-order valence-electron chi connectivity index (χ2n) is 4.77. The summed E-state index contributed by atoms with van der Waals surface area (Å²) in [6.45, 7) is 7.81. The van der Waals surface area contributed by atoms with E-state index in [0.717, 1.165) is 19.2 Å². The number of piperidine rings is 1. The quantitative estimate of drug-likeness (QED) is 0.759. The van der Waals surface area contributed by atoms with E-state index in [-0.39, 0.29) is 0 Å². The van der Waals surface area contributed by atoms with Gasteiger partial charge in [-0.15, -0.1) is 0 Å². The highest BCUT2D eigenvalue weighted by atomic mass is 16.5. The van der Waals surface area contributed by atoms with Gasteiger partial charge in [-0.3, -0.25) is 4.90 Å². The molecule has 0 saturated carbocycles. The van der Waals surface area contributed by atoms with Crippen LogP contribution >= 0.6 is 0 Å². The molecule has 0 aromatic heterocycles. The molecule has 2 heterocycles. The summed E-state index contributed by atoms with van der Waals surface area (Å²) in [5, 5.41) is 3.57. The number of rotatable bonds is 4. The molecule has 2 rings (SSSR count). The number of hydrogen-bond donors (Lipinski definition) is 1. The molecule has 2 saturated heterocycles. The van der Waals surface area contributed by atoms with Crippen LogP contribution in [0.3, 0.4) is 0 Å². The predicted octanol–water partition coefficient (Wildman–Crippen LogP) is 1.24. The highest BCUT2D eigenvalue weighted by Crippen LogP contribution is 2.15. The summed E-state index contributed by atoms with van der Waals surface area (Å²) in [4.78, 5) is 2.58. The molecule has 0 bridgehead atoms. The van der Waals surface area contributed by atoms with Gasteiger partial charge in [0.1, 0.15) is 0 Å². The first-order valence-electron chi connectivity index (χ1n) is 6.46. The molecule has 0 spiro atoms. The van der Waals surface area contributed by atoms with Crippen LogP contribution in [0.2, 0.25) is 0 Å². The Balaban J connectivity index is 1.71. The van der Waals surface area contributed by atoms with E-state index in [4.69, 9.17) is 4.74 Å². The van der Waals surface area contributed by atoms with Crippen molar-refractivity contribution in [1.29, 1.82) is 0 Å². The largest absolute Gasteiger partial charge is 0.377 e. The SMILES string of the molecule is CCOC1CCCN(C[C@@H]2CCCN2)C1. The lowest BCUT2D eigenvalue weighted by Gasteiger charge is -2.34. The number of hydrogen-bond acceptors (Lipinski definition) is 3. The Morgan fingerprint density at radius 3 is 3.00 bits per heavy atom. The van der Waals surface area contributed by atoms with Crippen LogP contribution in [-0.2, 0) is 4.74 Å². The lowest BCUT2D eigenvalue weighted by atomic mass is 10.1. The lowest BCUT2D eigenvalue weighted by Crippen LogP contribution is -2.45. The number of nitrogens with zero attached hydrogens (tertiary/aromatic N) is 1. The maximum atomic E-state index is 5.72. The van der Waals surface area contributed by atoms with Crippen LogP contribution in [-0.4, -0.2) is 49.8 Å². The zero-order chi connectivity index (χ0) is 10.5. The normalized spacial score (nSPS) is 33.4. The molecule has 3 nitrogen and oxygen atoms in total. The molecular weight excluding hydrogens is 188 g/mol. The minimum Gasteiger partial charge on any atom is -0.377 e. The summed E-state index contributed by atoms with van der Waals surface area (Å²) in [7, 11) is 0. The monoisotopic (exact) mass is 212 g/mol. The average Bonchev–Trinajstić information content (AvgIpc) is 2.71. The second kappa shape index (κ2) is 5.83. The molecule has 0 aliphatic carbocycles. The van der Waals surface area contributed by atoms with Gasteiger partial charge >= 0.3 is 0 Å². The molecule has 2 atom stereocenters. The zero-order valence-corrected chi connectivity index (χ0v) is 9.87. The molecule has 2 aliphatic rings. The summed E-state index contributed by atoms with van der Waals surface area (Å²) in [5.41, 5.74) is 0. The van der Waals surface area contributed by atoms with Crippen molar-refractivity contribution >= 4 is 0 Å². The van der Waals surface area contributed by atoms with Gasteiger partial charge in [0.2, 0.25) is 0 Å². The molecule has 88 valence electrons. The fourth-order valence-electron chi connectivity index (χ4n) is 2.77. The van der Waals surface area contributed by atoms with Crippen molar-refractivity contribution < 1.29 is 4.74 Å². The van der Waals surface area contributed by atoms with Gasteiger partial charge in [-0.05, 0) is 45.7 Å². The van der Waals surface area contributed by atoms with Crippen molar-refractivity contribution in [3.63, 3.8) is 0 Å². The summed E-state index contributed by atoms with van der Waals surface area (Å²) in [6, 6.07) is 0.741. The van der Waals surface area contributed by atoms with E-state index in [0.29, 0.717) is 6.10 Å². The highest BCUT2D eigenvalue weighted by molar-refractivity contribution is 4.81. The Bertz CT molecular complexity index is 178. The number of nitrogens with one attached hydrogen (secondary N) is 1. The van der Waals surface area contributed by atoms with Crippen LogP contribution in [0.1, 0.15) is 32.6 Å². The van der Waals surface area contributed by atoms with Gasteiger partial charge in [0, 0.05) is 25.7 Å². The van der Waals surface area contributed by atoms with Crippen molar-refractivity contribution in [3.8, 4) is 0 Å². The molecule has 0 aromatic rings. The van der Waals surface area contributed by atoms with Crippen molar-refractivity contribution in [3.05, 3.63) is 0 Å². The van der Waals surface area contributed by atoms with Crippen LogP contribution < -0.4 is 5.32 Å². The van der Waals surface area contributed by atoms with Crippen LogP contribution in [0.4, 0.5) is 0 Å². The van der Waals surface area contributed by atoms with E-state index in [1.165, 1.54) is 45.3 Å². The van der Waals surface area contributed by atoms with Gasteiger partial charge in [-0.25, -0.2) is 0 Å². The molecule has 1 unspecified atom stereocenters. The Morgan fingerprint density at radius 1 is 1.33 bits per heavy atom. The molecule has 2 fully saturated rings. The van der Waals surface area contributed by atoms with Gasteiger partial charge in [0.05, 0.1) is 6.10 Å². The minimum absolute atomic E-state index is 0.491. The Kier molecular flexibility index (Phi) is 4.42. The van der Waals surface area contributed by atoms with Crippen LogP contribution in [0.15, 0.2) is 0 Å². The van der Waals surface area contributed by atoms with E-state index in [1.807, 2.05) is 0 Å². The zero-order valence-electron chi connectivity index (χ0n) is 9.87. The Labute approximate surface area is 93.2 Å². The van der Waals surface area contributed by atoms with Gasteiger partial charge in [-0.1, -0.05) is 0 Å². The Morgan fingerprint density at radius 2 is 2.27 bits per heavy atom. The second-order valence-corrected chi connectivity index (χ2v) is 4.77. The van der Waals surface area contributed by atoms with Crippen molar-refractivity contribution in [2.24, 2.45) is 0 Å². The van der Waals surface area contributed by atoms with E-state index < -0.39 is 0 Å². The molecule has 15 heavy (non-hydrogen) atoms. The average molecular weight is 212 g/mol. The molecular formula is C12H24N2O. The van der Waals surface area contributed by atoms with Crippen LogP contribution in [0, 0.1) is 0 Å². The smallest absolute Gasteiger partial charge is 0.0702 e. The summed E-state index contributed by atoms with van der Waals surface area (Å²) < 4.78 is 5.72. The van der Waals surface area contributed by atoms with Gasteiger partial charge in [0.15, 0.2) is 0 Å². The molecule has 0 aromatic carbocycles.